The summed E-state index contributed by atoms with van der Waals surface area (Å²) < 4.78 is 42.2. The number of thiazole rings is 1. The van der Waals surface area contributed by atoms with Crippen LogP contribution in [0.3, 0.4) is 0 Å². The standard InChI is InChI=1S/C11H10FN5O2S2/c1-13-9-10(17-4-5-20-11(17)15-9)21(18,19)16-8-2-3-14-6-7(8)12/h2-6,13H,1H3,(H,14,16). The van der Waals surface area contributed by atoms with E-state index >= 15 is 0 Å². The maximum atomic E-state index is 13.6. The minimum absolute atomic E-state index is 0.0718. The van der Waals surface area contributed by atoms with Gasteiger partial charge in [0.25, 0.3) is 10.0 Å². The van der Waals surface area contributed by atoms with Crippen molar-refractivity contribution in [2.24, 2.45) is 0 Å². The smallest absolute Gasteiger partial charge is 0.281 e. The van der Waals surface area contributed by atoms with Crippen LogP contribution in [0.5, 0.6) is 0 Å². The summed E-state index contributed by atoms with van der Waals surface area (Å²) in [6.07, 6.45) is 3.83. The summed E-state index contributed by atoms with van der Waals surface area (Å²) in [5.41, 5.74) is -0.169. The van der Waals surface area contributed by atoms with Gasteiger partial charge >= 0.3 is 0 Å². The van der Waals surface area contributed by atoms with E-state index in [1.54, 1.807) is 18.6 Å². The molecular weight excluding hydrogens is 317 g/mol. The Labute approximate surface area is 123 Å². The highest BCUT2D eigenvalue weighted by atomic mass is 32.2. The van der Waals surface area contributed by atoms with Crippen LogP contribution in [0.1, 0.15) is 0 Å². The minimum Gasteiger partial charge on any atom is -0.371 e. The van der Waals surface area contributed by atoms with Crippen LogP contribution >= 0.6 is 11.3 Å². The van der Waals surface area contributed by atoms with Gasteiger partial charge in [-0.05, 0) is 6.07 Å². The molecule has 0 spiro atoms. The number of nitrogens with one attached hydrogen (secondary N) is 2. The fourth-order valence-electron chi connectivity index (χ4n) is 1.84. The summed E-state index contributed by atoms with van der Waals surface area (Å²) in [4.78, 5) is 8.26. The maximum absolute atomic E-state index is 13.6. The van der Waals surface area contributed by atoms with Gasteiger partial charge in [-0.25, -0.2) is 9.37 Å². The largest absolute Gasteiger partial charge is 0.371 e. The molecule has 0 bridgehead atoms. The van der Waals surface area contributed by atoms with Crippen LogP contribution in [0.2, 0.25) is 0 Å². The van der Waals surface area contributed by atoms with Gasteiger partial charge in [-0.2, -0.15) is 8.42 Å². The zero-order chi connectivity index (χ0) is 15.0. The average Bonchev–Trinajstić information content (AvgIpc) is 3.00. The van der Waals surface area contributed by atoms with Crippen molar-refractivity contribution in [2.75, 3.05) is 17.1 Å². The summed E-state index contributed by atoms with van der Waals surface area (Å²) in [7, 11) is -2.44. The van der Waals surface area contributed by atoms with Gasteiger partial charge in [0.15, 0.2) is 16.6 Å². The summed E-state index contributed by atoms with van der Waals surface area (Å²) >= 11 is 1.30. The number of pyridine rings is 1. The quantitative estimate of drug-likeness (QED) is 0.762. The van der Waals surface area contributed by atoms with E-state index in [1.165, 1.54) is 28.0 Å². The maximum Gasteiger partial charge on any atom is 0.281 e. The number of anilines is 2. The summed E-state index contributed by atoms with van der Waals surface area (Å²) in [6, 6.07) is 1.25. The molecule has 0 saturated carbocycles. The number of aromatic nitrogens is 3. The Bertz CT molecular complexity index is 902. The second-order valence-corrected chi connectivity index (χ2v) is 6.50. The van der Waals surface area contributed by atoms with E-state index in [0.717, 1.165) is 6.20 Å². The van der Waals surface area contributed by atoms with Gasteiger partial charge in [-0.3, -0.25) is 14.1 Å². The van der Waals surface area contributed by atoms with E-state index in [4.69, 9.17) is 0 Å². The van der Waals surface area contributed by atoms with Gasteiger partial charge in [0, 0.05) is 24.8 Å². The predicted molar refractivity (Wildman–Crippen MR) is 77.6 cm³/mol. The molecule has 0 aromatic carbocycles. The number of hydrogen-bond donors (Lipinski definition) is 2. The molecule has 0 saturated heterocycles. The van der Waals surface area contributed by atoms with E-state index < -0.39 is 15.8 Å². The third kappa shape index (κ3) is 2.32. The Hall–Kier alpha value is -2.20. The Morgan fingerprint density at radius 1 is 1.43 bits per heavy atom. The highest BCUT2D eigenvalue weighted by Gasteiger charge is 2.26. The van der Waals surface area contributed by atoms with Crippen molar-refractivity contribution in [2.45, 2.75) is 5.03 Å². The van der Waals surface area contributed by atoms with Gasteiger partial charge < -0.3 is 5.32 Å². The van der Waals surface area contributed by atoms with Gasteiger partial charge in [0.05, 0.1) is 11.9 Å². The first-order valence-corrected chi connectivity index (χ1v) is 8.15. The summed E-state index contributed by atoms with van der Waals surface area (Å²) in [6.45, 7) is 0. The molecule has 0 fully saturated rings. The fourth-order valence-corrected chi connectivity index (χ4v) is 3.97. The molecule has 3 aromatic heterocycles. The van der Waals surface area contributed by atoms with Crippen molar-refractivity contribution in [3.05, 3.63) is 35.9 Å². The summed E-state index contributed by atoms with van der Waals surface area (Å²) in [5.74, 6) is -0.554. The molecule has 3 heterocycles. The first-order valence-electron chi connectivity index (χ1n) is 5.78. The van der Waals surface area contributed by atoms with Crippen LogP contribution in [-0.4, -0.2) is 29.8 Å². The molecule has 0 aliphatic heterocycles. The van der Waals surface area contributed by atoms with Crippen LogP contribution in [0.25, 0.3) is 4.96 Å². The molecule has 0 amide bonds. The van der Waals surface area contributed by atoms with Crippen LogP contribution in [0.4, 0.5) is 15.9 Å². The van der Waals surface area contributed by atoms with Crippen molar-refractivity contribution in [3.8, 4) is 0 Å². The average molecular weight is 327 g/mol. The Balaban J connectivity index is 2.12. The van der Waals surface area contributed by atoms with E-state index in [9.17, 15) is 12.8 Å². The van der Waals surface area contributed by atoms with E-state index in [2.05, 4.69) is 20.0 Å². The second-order valence-electron chi connectivity index (χ2n) is 4.03. The van der Waals surface area contributed by atoms with Gasteiger partial charge in [-0.1, -0.05) is 0 Å². The number of fused-ring (bicyclic) bond motifs is 1. The molecule has 3 aromatic rings. The van der Waals surface area contributed by atoms with E-state index in [1.807, 2.05) is 0 Å². The molecule has 0 atom stereocenters. The number of hydrogen-bond acceptors (Lipinski definition) is 6. The van der Waals surface area contributed by atoms with Crippen molar-refractivity contribution in [1.82, 2.24) is 14.4 Å². The highest BCUT2D eigenvalue weighted by Crippen LogP contribution is 2.27. The minimum atomic E-state index is -4.00. The van der Waals surface area contributed by atoms with Gasteiger partial charge in [0.1, 0.15) is 0 Å². The van der Waals surface area contributed by atoms with Gasteiger partial charge in [0.2, 0.25) is 5.03 Å². The monoisotopic (exact) mass is 327 g/mol. The fraction of sp³-hybridized carbons (Fsp3) is 0.0909. The number of rotatable bonds is 4. The molecule has 0 aliphatic rings. The third-order valence-corrected chi connectivity index (χ3v) is 4.87. The van der Waals surface area contributed by atoms with Crippen molar-refractivity contribution < 1.29 is 12.8 Å². The molecule has 7 nitrogen and oxygen atoms in total. The van der Waals surface area contributed by atoms with Crippen molar-refractivity contribution in [1.29, 1.82) is 0 Å². The Morgan fingerprint density at radius 2 is 2.24 bits per heavy atom. The number of nitrogens with zero attached hydrogens (tertiary/aromatic N) is 3. The molecule has 3 rings (SSSR count). The molecule has 0 unspecified atom stereocenters. The zero-order valence-electron chi connectivity index (χ0n) is 10.7. The molecule has 0 radical (unpaired) electrons. The number of halogens is 1. The van der Waals surface area contributed by atoms with Crippen LogP contribution in [0.15, 0.2) is 35.1 Å². The molecule has 2 N–H and O–H groups in total. The van der Waals surface area contributed by atoms with Gasteiger partial charge in [-0.15, -0.1) is 11.3 Å². The van der Waals surface area contributed by atoms with Crippen LogP contribution in [-0.2, 0) is 10.0 Å². The third-order valence-electron chi connectivity index (χ3n) is 2.73. The Kier molecular flexibility index (Phi) is 3.26. The summed E-state index contributed by atoms with van der Waals surface area (Å²) in [5, 5.41) is 4.37. The topological polar surface area (TPSA) is 88.4 Å². The SMILES string of the molecule is CNc1nc2sccn2c1S(=O)(=O)Nc1ccncc1F. The molecule has 110 valence electrons. The van der Waals surface area contributed by atoms with Crippen molar-refractivity contribution in [3.63, 3.8) is 0 Å². The van der Waals surface area contributed by atoms with Crippen LogP contribution < -0.4 is 10.0 Å². The molecule has 21 heavy (non-hydrogen) atoms. The van der Waals surface area contributed by atoms with Crippen LogP contribution in [0, 0.1) is 5.82 Å². The lowest BCUT2D eigenvalue weighted by molar-refractivity contribution is 0.594. The molecule has 0 aliphatic carbocycles. The number of imidazole rings is 1. The lowest BCUT2D eigenvalue weighted by atomic mass is 10.4. The van der Waals surface area contributed by atoms with E-state index in [0.29, 0.717) is 4.96 Å². The van der Waals surface area contributed by atoms with E-state index in [-0.39, 0.29) is 16.5 Å². The number of sulfonamides is 1. The zero-order valence-corrected chi connectivity index (χ0v) is 12.4. The first-order chi connectivity index (χ1) is 10.0. The first kappa shape index (κ1) is 13.8. The molecular formula is C11H10FN5O2S2. The lowest BCUT2D eigenvalue weighted by Crippen LogP contribution is -2.17. The molecule has 10 heteroatoms. The second kappa shape index (κ2) is 4.97. The lowest BCUT2D eigenvalue weighted by Gasteiger charge is -2.09. The van der Waals surface area contributed by atoms with Crippen molar-refractivity contribution >= 4 is 37.8 Å². The predicted octanol–water partition coefficient (Wildman–Crippen LogP) is 1.77. The highest BCUT2D eigenvalue weighted by molar-refractivity contribution is 7.92. The Morgan fingerprint density at radius 3 is 2.95 bits per heavy atom. The normalized spacial score (nSPS) is 11.7.